The number of thiocarbonyl (C=S) groups is 1. The fourth-order valence-corrected chi connectivity index (χ4v) is 4.02. The van der Waals surface area contributed by atoms with Crippen molar-refractivity contribution in [3.05, 3.63) is 59.0 Å². The van der Waals surface area contributed by atoms with Crippen molar-refractivity contribution < 1.29 is 19.4 Å². The van der Waals surface area contributed by atoms with Gasteiger partial charge in [-0.05, 0) is 54.5 Å². The number of hydrogen-bond acceptors (Lipinski definition) is 6. The number of nitrogens with zero attached hydrogens (tertiary/aromatic N) is 1. The molecule has 1 aliphatic rings. The first-order valence-corrected chi connectivity index (χ1v) is 10.2. The Labute approximate surface area is 178 Å². The smallest absolute Gasteiger partial charge is 0.266 e. The summed E-state index contributed by atoms with van der Waals surface area (Å²) in [6.45, 7) is 0.383. The molecule has 0 bridgehead atoms. The number of carbonyl (C=O) groups is 2. The SMILES string of the molecule is COc1ccc(/C=C2/SC(=S)N(CCCC(=O)Nc3ccc(O)cc3)C2=O)cc1. The number of amides is 2. The minimum Gasteiger partial charge on any atom is -0.508 e. The first-order chi connectivity index (χ1) is 14.0. The Morgan fingerprint density at radius 3 is 2.55 bits per heavy atom. The van der Waals surface area contributed by atoms with E-state index in [1.165, 1.54) is 28.8 Å². The molecule has 0 aromatic heterocycles. The lowest BCUT2D eigenvalue weighted by molar-refractivity contribution is -0.122. The maximum atomic E-state index is 12.6. The van der Waals surface area contributed by atoms with Gasteiger partial charge in [-0.25, -0.2) is 0 Å². The van der Waals surface area contributed by atoms with E-state index >= 15 is 0 Å². The highest BCUT2D eigenvalue weighted by molar-refractivity contribution is 8.26. The number of phenols is 1. The van der Waals surface area contributed by atoms with Gasteiger partial charge in [0, 0.05) is 18.7 Å². The highest BCUT2D eigenvalue weighted by Crippen LogP contribution is 2.33. The van der Waals surface area contributed by atoms with Crippen LogP contribution in [0.15, 0.2) is 53.4 Å². The van der Waals surface area contributed by atoms with E-state index in [-0.39, 0.29) is 24.0 Å². The van der Waals surface area contributed by atoms with E-state index in [2.05, 4.69) is 5.32 Å². The third kappa shape index (κ3) is 5.58. The summed E-state index contributed by atoms with van der Waals surface area (Å²) in [6.07, 6.45) is 2.55. The molecule has 3 rings (SSSR count). The number of benzene rings is 2. The molecule has 0 unspecified atom stereocenters. The first kappa shape index (κ1) is 20.9. The van der Waals surface area contributed by atoms with Crippen LogP contribution in [0.3, 0.4) is 0 Å². The lowest BCUT2D eigenvalue weighted by atomic mass is 10.2. The fraction of sp³-hybridized carbons (Fsp3) is 0.190. The Balaban J connectivity index is 1.52. The van der Waals surface area contributed by atoms with Crippen molar-refractivity contribution in [1.82, 2.24) is 4.90 Å². The minimum atomic E-state index is -0.157. The van der Waals surface area contributed by atoms with Crippen LogP contribution in [0.25, 0.3) is 6.08 Å². The molecule has 2 amide bonds. The Morgan fingerprint density at radius 1 is 1.21 bits per heavy atom. The summed E-state index contributed by atoms with van der Waals surface area (Å²) >= 11 is 6.59. The number of rotatable bonds is 7. The summed E-state index contributed by atoms with van der Waals surface area (Å²) in [7, 11) is 1.60. The Bertz CT molecular complexity index is 940. The summed E-state index contributed by atoms with van der Waals surface area (Å²) in [5.41, 5.74) is 1.50. The van der Waals surface area contributed by atoms with Gasteiger partial charge >= 0.3 is 0 Å². The molecule has 0 saturated carbocycles. The molecule has 8 heteroatoms. The Kier molecular flexibility index (Phi) is 6.90. The predicted molar refractivity (Wildman–Crippen MR) is 119 cm³/mol. The van der Waals surface area contributed by atoms with Crippen LogP contribution >= 0.6 is 24.0 Å². The zero-order chi connectivity index (χ0) is 20.8. The zero-order valence-electron chi connectivity index (χ0n) is 15.8. The summed E-state index contributed by atoms with van der Waals surface area (Å²) < 4.78 is 5.63. The van der Waals surface area contributed by atoms with Crippen LogP contribution in [0.5, 0.6) is 11.5 Å². The number of methoxy groups -OCH3 is 1. The summed E-state index contributed by atoms with van der Waals surface area (Å²) in [4.78, 5) is 26.8. The van der Waals surface area contributed by atoms with E-state index in [0.717, 1.165) is 11.3 Å². The van der Waals surface area contributed by atoms with E-state index in [9.17, 15) is 14.7 Å². The molecule has 0 atom stereocenters. The van der Waals surface area contributed by atoms with E-state index in [0.29, 0.717) is 27.9 Å². The summed E-state index contributed by atoms with van der Waals surface area (Å²) in [5.74, 6) is 0.588. The summed E-state index contributed by atoms with van der Waals surface area (Å²) in [6, 6.07) is 13.7. The Morgan fingerprint density at radius 2 is 1.90 bits per heavy atom. The maximum absolute atomic E-state index is 12.6. The first-order valence-electron chi connectivity index (χ1n) is 8.94. The second-order valence-corrected chi connectivity index (χ2v) is 7.98. The largest absolute Gasteiger partial charge is 0.508 e. The van der Waals surface area contributed by atoms with Crippen molar-refractivity contribution in [2.75, 3.05) is 19.0 Å². The predicted octanol–water partition coefficient (Wildman–Crippen LogP) is 4.02. The number of aromatic hydroxyl groups is 1. The molecular formula is C21H20N2O4S2. The normalized spacial score (nSPS) is 15.1. The van der Waals surface area contributed by atoms with Crippen LogP contribution in [-0.4, -0.2) is 39.8 Å². The van der Waals surface area contributed by atoms with Crippen molar-refractivity contribution in [2.24, 2.45) is 0 Å². The molecule has 1 fully saturated rings. The molecular weight excluding hydrogens is 408 g/mol. The van der Waals surface area contributed by atoms with Crippen LogP contribution in [0, 0.1) is 0 Å². The molecule has 0 radical (unpaired) electrons. The van der Waals surface area contributed by atoms with E-state index in [1.807, 2.05) is 24.3 Å². The van der Waals surface area contributed by atoms with Gasteiger partial charge in [-0.15, -0.1) is 0 Å². The van der Waals surface area contributed by atoms with Gasteiger partial charge in [-0.1, -0.05) is 36.1 Å². The molecule has 1 heterocycles. The molecule has 6 nitrogen and oxygen atoms in total. The number of thioether (sulfide) groups is 1. The lowest BCUT2D eigenvalue weighted by Gasteiger charge is -2.14. The molecule has 2 N–H and O–H groups in total. The number of phenolic OH excluding ortho intramolecular Hbond substituents is 1. The number of hydrogen-bond donors (Lipinski definition) is 2. The average molecular weight is 429 g/mol. The van der Waals surface area contributed by atoms with Crippen LogP contribution in [-0.2, 0) is 9.59 Å². The highest BCUT2D eigenvalue weighted by atomic mass is 32.2. The van der Waals surface area contributed by atoms with Crippen LogP contribution in [0.1, 0.15) is 18.4 Å². The number of carbonyl (C=O) groups excluding carboxylic acids is 2. The monoisotopic (exact) mass is 428 g/mol. The number of anilines is 1. The third-order valence-corrected chi connectivity index (χ3v) is 5.60. The van der Waals surface area contributed by atoms with Gasteiger partial charge in [-0.2, -0.15) is 0 Å². The van der Waals surface area contributed by atoms with Crippen LogP contribution < -0.4 is 10.1 Å². The Hall–Kier alpha value is -2.84. The molecule has 1 saturated heterocycles. The average Bonchev–Trinajstić information content (AvgIpc) is 2.97. The van der Waals surface area contributed by atoms with E-state index < -0.39 is 0 Å². The zero-order valence-corrected chi connectivity index (χ0v) is 17.4. The highest BCUT2D eigenvalue weighted by Gasteiger charge is 2.31. The molecule has 1 aliphatic heterocycles. The van der Waals surface area contributed by atoms with Crippen LogP contribution in [0.4, 0.5) is 5.69 Å². The van der Waals surface area contributed by atoms with Gasteiger partial charge in [-0.3, -0.25) is 14.5 Å². The van der Waals surface area contributed by atoms with Crippen molar-refractivity contribution in [1.29, 1.82) is 0 Å². The van der Waals surface area contributed by atoms with Crippen molar-refractivity contribution in [3.63, 3.8) is 0 Å². The molecule has 2 aromatic rings. The van der Waals surface area contributed by atoms with Gasteiger partial charge in [0.15, 0.2) is 0 Å². The third-order valence-electron chi connectivity index (χ3n) is 4.22. The lowest BCUT2D eigenvalue weighted by Crippen LogP contribution is -2.29. The van der Waals surface area contributed by atoms with Crippen LogP contribution in [0.2, 0.25) is 0 Å². The summed E-state index contributed by atoms with van der Waals surface area (Å²) in [5, 5.41) is 12.0. The second-order valence-electron chi connectivity index (χ2n) is 6.31. The molecule has 0 aliphatic carbocycles. The number of ether oxygens (including phenoxy) is 1. The maximum Gasteiger partial charge on any atom is 0.266 e. The van der Waals surface area contributed by atoms with E-state index in [4.69, 9.17) is 17.0 Å². The van der Waals surface area contributed by atoms with Crippen molar-refractivity contribution in [3.8, 4) is 11.5 Å². The minimum absolute atomic E-state index is 0.139. The van der Waals surface area contributed by atoms with Crippen molar-refractivity contribution >= 4 is 51.9 Å². The van der Waals surface area contributed by atoms with Gasteiger partial charge in [0.05, 0.1) is 12.0 Å². The molecule has 150 valence electrons. The van der Waals surface area contributed by atoms with Gasteiger partial charge in [0.1, 0.15) is 15.8 Å². The molecule has 0 spiro atoms. The molecule has 29 heavy (non-hydrogen) atoms. The fourth-order valence-electron chi connectivity index (χ4n) is 2.71. The van der Waals surface area contributed by atoms with E-state index in [1.54, 1.807) is 25.3 Å². The second kappa shape index (κ2) is 9.58. The number of nitrogens with one attached hydrogen (secondary N) is 1. The van der Waals surface area contributed by atoms with Gasteiger partial charge < -0.3 is 15.2 Å². The molecule has 2 aromatic carbocycles. The van der Waals surface area contributed by atoms with Gasteiger partial charge in [0.2, 0.25) is 5.91 Å². The van der Waals surface area contributed by atoms with Crippen molar-refractivity contribution in [2.45, 2.75) is 12.8 Å². The topological polar surface area (TPSA) is 78.9 Å². The quantitative estimate of drug-likeness (QED) is 0.394. The van der Waals surface area contributed by atoms with Gasteiger partial charge in [0.25, 0.3) is 5.91 Å². The standard InChI is InChI=1S/C21H20N2O4S2/c1-27-17-10-4-14(5-11-17)13-18-20(26)23(21(28)29-18)12-2-3-19(25)22-15-6-8-16(24)9-7-15/h4-11,13,24H,2-3,12H2,1H3,(H,22,25)/b18-13+.